The molecular formula is C21H26N4O4S. The molecule has 3 fully saturated rings. The highest BCUT2D eigenvalue weighted by molar-refractivity contribution is 7.91. The van der Waals surface area contributed by atoms with Crippen LogP contribution in [0.4, 0.5) is 5.69 Å². The minimum atomic E-state index is -3.05. The molecule has 9 heteroatoms. The highest BCUT2D eigenvalue weighted by Crippen LogP contribution is 2.32. The summed E-state index contributed by atoms with van der Waals surface area (Å²) in [7, 11) is -3.05. The van der Waals surface area contributed by atoms with Crippen molar-refractivity contribution in [3.63, 3.8) is 0 Å². The zero-order valence-electron chi connectivity index (χ0n) is 16.9. The van der Waals surface area contributed by atoms with Crippen LogP contribution in [0, 0.1) is 11.8 Å². The average molecular weight is 431 g/mol. The van der Waals surface area contributed by atoms with E-state index in [9.17, 15) is 13.2 Å². The van der Waals surface area contributed by atoms with Crippen molar-refractivity contribution in [3.8, 4) is 5.88 Å². The van der Waals surface area contributed by atoms with Gasteiger partial charge in [0, 0.05) is 31.9 Å². The molecule has 1 aliphatic carbocycles. The molecule has 160 valence electrons. The summed E-state index contributed by atoms with van der Waals surface area (Å²) in [6, 6.07) is 6.09. The number of hydrogen-bond donors (Lipinski definition) is 0. The van der Waals surface area contributed by atoms with E-state index in [0.717, 1.165) is 16.6 Å². The molecule has 1 aromatic carbocycles. The fraction of sp³-hybridized carbons (Fsp3) is 0.571. The number of piperazine rings is 1. The molecule has 1 atom stereocenters. The van der Waals surface area contributed by atoms with Gasteiger partial charge < -0.3 is 14.5 Å². The maximum absolute atomic E-state index is 12.7. The summed E-state index contributed by atoms with van der Waals surface area (Å²) in [6.45, 7) is 3.33. The zero-order valence-corrected chi connectivity index (χ0v) is 17.7. The van der Waals surface area contributed by atoms with Gasteiger partial charge in [-0.15, -0.1) is 0 Å². The van der Waals surface area contributed by atoms with Crippen molar-refractivity contribution < 1.29 is 17.9 Å². The van der Waals surface area contributed by atoms with Crippen LogP contribution in [0.5, 0.6) is 5.88 Å². The Hall–Kier alpha value is -2.42. The van der Waals surface area contributed by atoms with Gasteiger partial charge in [-0.2, -0.15) is 0 Å². The second-order valence-corrected chi connectivity index (χ2v) is 10.8. The molecule has 2 aliphatic heterocycles. The normalized spacial score (nSPS) is 23.7. The van der Waals surface area contributed by atoms with Gasteiger partial charge in [0.2, 0.25) is 11.8 Å². The second-order valence-electron chi connectivity index (χ2n) is 8.55. The predicted molar refractivity (Wildman–Crippen MR) is 113 cm³/mol. The fourth-order valence-corrected chi connectivity index (χ4v) is 5.98. The number of fused-ring (bicyclic) bond motifs is 1. The van der Waals surface area contributed by atoms with Crippen LogP contribution in [0.25, 0.3) is 10.9 Å². The maximum Gasteiger partial charge on any atom is 0.226 e. The molecule has 1 aromatic heterocycles. The van der Waals surface area contributed by atoms with Crippen LogP contribution in [0.1, 0.15) is 19.3 Å². The molecule has 0 bridgehead atoms. The van der Waals surface area contributed by atoms with Crippen LogP contribution < -0.4 is 9.64 Å². The van der Waals surface area contributed by atoms with Crippen LogP contribution in [0.3, 0.4) is 0 Å². The topological polar surface area (TPSA) is 92.7 Å². The number of amides is 1. The molecule has 0 N–H and O–H groups in total. The smallest absolute Gasteiger partial charge is 0.226 e. The van der Waals surface area contributed by atoms with Crippen LogP contribution in [-0.2, 0) is 14.6 Å². The number of ether oxygens (including phenoxy) is 1. The number of sulfone groups is 1. The molecule has 2 aromatic rings. The Morgan fingerprint density at radius 2 is 1.90 bits per heavy atom. The molecule has 0 radical (unpaired) electrons. The number of aromatic nitrogens is 2. The van der Waals surface area contributed by atoms with E-state index in [1.807, 2.05) is 17.0 Å². The Morgan fingerprint density at radius 3 is 2.60 bits per heavy atom. The Bertz CT molecular complexity index is 1060. The lowest BCUT2D eigenvalue weighted by atomic mass is 10.1. The highest BCUT2D eigenvalue weighted by atomic mass is 32.2. The maximum atomic E-state index is 12.7. The van der Waals surface area contributed by atoms with Crippen molar-refractivity contribution in [2.75, 3.05) is 49.2 Å². The SMILES string of the molecule is O=C(C1CCS(=O)(=O)C1)N1CCN(c2ccc3ncnc(OCC4CC4)c3c2)CC1. The van der Waals surface area contributed by atoms with Gasteiger partial charge in [0.15, 0.2) is 9.84 Å². The van der Waals surface area contributed by atoms with Crippen molar-refractivity contribution >= 4 is 32.3 Å². The quantitative estimate of drug-likeness (QED) is 0.710. The van der Waals surface area contributed by atoms with Crippen molar-refractivity contribution in [1.29, 1.82) is 0 Å². The molecule has 1 saturated carbocycles. The zero-order chi connectivity index (χ0) is 20.7. The molecule has 3 aliphatic rings. The summed E-state index contributed by atoms with van der Waals surface area (Å²) in [5.74, 6) is 1.03. The van der Waals surface area contributed by atoms with E-state index in [1.54, 1.807) is 0 Å². The summed E-state index contributed by atoms with van der Waals surface area (Å²) >= 11 is 0. The third-order valence-corrected chi connectivity index (χ3v) is 8.04. The third-order valence-electron chi connectivity index (χ3n) is 6.27. The molecule has 5 rings (SSSR count). The Kier molecular flexibility index (Phi) is 5.00. The van der Waals surface area contributed by atoms with Gasteiger partial charge in [-0.1, -0.05) is 0 Å². The summed E-state index contributed by atoms with van der Waals surface area (Å²) < 4.78 is 29.3. The number of rotatable bonds is 5. The molecule has 0 spiro atoms. The third kappa shape index (κ3) is 4.08. The summed E-state index contributed by atoms with van der Waals surface area (Å²) in [6.07, 6.45) is 4.45. The number of carbonyl (C=O) groups is 1. The standard InChI is InChI=1S/C21H26N4O4S/c26-21(16-5-10-30(27,28)13-16)25-8-6-24(7-9-25)17-3-4-19-18(11-17)20(23-14-22-19)29-12-15-1-2-15/h3-4,11,14-16H,1-2,5-10,12-13H2. The first-order valence-electron chi connectivity index (χ1n) is 10.6. The van der Waals surface area contributed by atoms with Crippen molar-refractivity contribution in [3.05, 3.63) is 24.5 Å². The Morgan fingerprint density at radius 1 is 1.10 bits per heavy atom. The summed E-state index contributed by atoms with van der Waals surface area (Å²) in [5, 5.41) is 0.908. The van der Waals surface area contributed by atoms with Crippen molar-refractivity contribution in [1.82, 2.24) is 14.9 Å². The van der Waals surface area contributed by atoms with Crippen LogP contribution in [-0.4, -0.2) is 73.5 Å². The fourth-order valence-electron chi connectivity index (χ4n) is 4.25. The summed E-state index contributed by atoms with van der Waals surface area (Å²) in [4.78, 5) is 25.4. The van der Waals surface area contributed by atoms with E-state index in [1.165, 1.54) is 19.2 Å². The van der Waals surface area contributed by atoms with Gasteiger partial charge in [-0.05, 0) is 43.4 Å². The van der Waals surface area contributed by atoms with Crippen LogP contribution >= 0.6 is 0 Å². The number of nitrogens with zero attached hydrogens (tertiary/aromatic N) is 4. The Balaban J connectivity index is 1.26. The average Bonchev–Trinajstić information content (AvgIpc) is 3.52. The van der Waals surface area contributed by atoms with Gasteiger partial charge in [0.1, 0.15) is 6.33 Å². The van der Waals surface area contributed by atoms with Gasteiger partial charge in [0.05, 0.1) is 34.9 Å². The molecule has 8 nitrogen and oxygen atoms in total. The predicted octanol–water partition coefficient (Wildman–Crippen LogP) is 1.50. The first-order chi connectivity index (χ1) is 14.5. The van der Waals surface area contributed by atoms with E-state index in [4.69, 9.17) is 4.74 Å². The number of carbonyl (C=O) groups excluding carboxylic acids is 1. The molecule has 2 saturated heterocycles. The lowest BCUT2D eigenvalue weighted by Crippen LogP contribution is -2.50. The Labute approximate surface area is 176 Å². The number of hydrogen-bond acceptors (Lipinski definition) is 7. The van der Waals surface area contributed by atoms with Crippen LogP contribution in [0.15, 0.2) is 24.5 Å². The minimum Gasteiger partial charge on any atom is -0.477 e. The van der Waals surface area contributed by atoms with Crippen molar-refractivity contribution in [2.24, 2.45) is 11.8 Å². The molecule has 3 heterocycles. The lowest BCUT2D eigenvalue weighted by molar-refractivity contribution is -0.135. The van der Waals surface area contributed by atoms with E-state index in [2.05, 4.69) is 20.9 Å². The number of benzene rings is 1. The van der Waals surface area contributed by atoms with E-state index >= 15 is 0 Å². The molecule has 30 heavy (non-hydrogen) atoms. The lowest BCUT2D eigenvalue weighted by Gasteiger charge is -2.37. The second kappa shape index (κ2) is 7.68. The number of anilines is 1. The monoisotopic (exact) mass is 430 g/mol. The van der Waals surface area contributed by atoms with E-state index in [0.29, 0.717) is 51.0 Å². The van der Waals surface area contributed by atoms with Gasteiger partial charge >= 0.3 is 0 Å². The molecule has 1 unspecified atom stereocenters. The van der Waals surface area contributed by atoms with Crippen molar-refractivity contribution in [2.45, 2.75) is 19.3 Å². The minimum absolute atomic E-state index is 0.000353. The van der Waals surface area contributed by atoms with Gasteiger partial charge in [-0.3, -0.25) is 4.79 Å². The van der Waals surface area contributed by atoms with E-state index in [-0.39, 0.29) is 23.3 Å². The molecular weight excluding hydrogens is 404 g/mol. The van der Waals surface area contributed by atoms with Crippen LogP contribution in [0.2, 0.25) is 0 Å². The first-order valence-corrected chi connectivity index (χ1v) is 12.4. The first kappa shape index (κ1) is 19.5. The molecule has 1 amide bonds. The van der Waals surface area contributed by atoms with Gasteiger partial charge in [-0.25, -0.2) is 18.4 Å². The van der Waals surface area contributed by atoms with E-state index < -0.39 is 9.84 Å². The van der Waals surface area contributed by atoms with Gasteiger partial charge in [0.25, 0.3) is 0 Å². The summed E-state index contributed by atoms with van der Waals surface area (Å²) in [5.41, 5.74) is 1.92. The largest absolute Gasteiger partial charge is 0.477 e. The highest BCUT2D eigenvalue weighted by Gasteiger charge is 2.36.